The molecule has 7 heteroatoms. The van der Waals surface area contributed by atoms with Crippen LogP contribution in [0.15, 0.2) is 6.07 Å². The van der Waals surface area contributed by atoms with Gasteiger partial charge in [-0.25, -0.2) is 0 Å². The SMILES string of the molecule is O=C(c1cc(Cl)sc1Cl)N1C[C@@H](O)[C@@H](O)C1. The molecule has 1 aromatic rings. The summed E-state index contributed by atoms with van der Waals surface area (Å²) in [6, 6.07) is 1.49. The second-order valence-corrected chi connectivity index (χ2v) is 5.87. The highest BCUT2D eigenvalue weighted by atomic mass is 35.5. The lowest BCUT2D eigenvalue weighted by Crippen LogP contribution is -2.29. The molecule has 1 saturated heterocycles. The Bertz CT molecular complexity index is 413. The summed E-state index contributed by atoms with van der Waals surface area (Å²) in [5.41, 5.74) is 0.318. The largest absolute Gasteiger partial charge is 0.388 e. The minimum Gasteiger partial charge on any atom is -0.388 e. The zero-order valence-corrected chi connectivity index (χ0v) is 10.4. The van der Waals surface area contributed by atoms with Gasteiger partial charge in [0.25, 0.3) is 5.91 Å². The first-order valence-corrected chi connectivity index (χ1v) is 6.16. The van der Waals surface area contributed by atoms with E-state index in [1.54, 1.807) is 0 Å². The summed E-state index contributed by atoms with van der Waals surface area (Å²) in [4.78, 5) is 13.3. The van der Waals surface area contributed by atoms with Gasteiger partial charge in [0.1, 0.15) is 4.34 Å². The smallest absolute Gasteiger partial charge is 0.256 e. The van der Waals surface area contributed by atoms with Crippen molar-refractivity contribution in [2.24, 2.45) is 0 Å². The molecule has 1 fully saturated rings. The van der Waals surface area contributed by atoms with Crippen LogP contribution in [0, 0.1) is 0 Å². The molecule has 88 valence electrons. The second-order valence-electron chi connectivity index (χ2n) is 3.58. The van der Waals surface area contributed by atoms with Crippen molar-refractivity contribution < 1.29 is 15.0 Å². The number of hydrogen-bond donors (Lipinski definition) is 2. The van der Waals surface area contributed by atoms with E-state index in [9.17, 15) is 15.0 Å². The summed E-state index contributed by atoms with van der Waals surface area (Å²) >= 11 is 12.7. The van der Waals surface area contributed by atoms with Gasteiger partial charge >= 0.3 is 0 Å². The van der Waals surface area contributed by atoms with E-state index in [0.717, 1.165) is 11.3 Å². The minimum absolute atomic E-state index is 0.115. The van der Waals surface area contributed by atoms with Gasteiger partial charge in [-0.05, 0) is 6.07 Å². The Morgan fingerprint density at radius 3 is 2.38 bits per heavy atom. The van der Waals surface area contributed by atoms with Gasteiger partial charge in [-0.15, -0.1) is 11.3 Å². The fraction of sp³-hybridized carbons (Fsp3) is 0.444. The fourth-order valence-electron chi connectivity index (χ4n) is 1.59. The molecule has 0 spiro atoms. The average Bonchev–Trinajstić information content (AvgIpc) is 2.70. The lowest BCUT2D eigenvalue weighted by molar-refractivity contribution is 0.0572. The van der Waals surface area contributed by atoms with E-state index in [1.807, 2.05) is 0 Å². The third-order valence-electron chi connectivity index (χ3n) is 2.43. The highest BCUT2D eigenvalue weighted by Gasteiger charge is 2.34. The number of amides is 1. The molecule has 2 N–H and O–H groups in total. The van der Waals surface area contributed by atoms with E-state index >= 15 is 0 Å². The van der Waals surface area contributed by atoms with E-state index in [0.29, 0.717) is 14.2 Å². The Morgan fingerprint density at radius 1 is 1.38 bits per heavy atom. The van der Waals surface area contributed by atoms with E-state index in [4.69, 9.17) is 23.2 Å². The standard InChI is InChI=1S/C9H9Cl2NO3S/c10-7-1-4(8(11)16-7)9(15)12-2-5(13)6(14)3-12/h1,5-6,13-14H,2-3H2/t5-,6+. The number of carbonyl (C=O) groups excluding carboxylic acids is 1. The highest BCUT2D eigenvalue weighted by molar-refractivity contribution is 7.20. The molecule has 2 atom stereocenters. The zero-order chi connectivity index (χ0) is 11.9. The normalized spacial score (nSPS) is 25.1. The van der Waals surface area contributed by atoms with Gasteiger partial charge in [0.2, 0.25) is 0 Å². The molecule has 0 aromatic carbocycles. The van der Waals surface area contributed by atoms with Gasteiger partial charge in [-0.1, -0.05) is 23.2 Å². The number of aliphatic hydroxyl groups excluding tert-OH is 2. The lowest BCUT2D eigenvalue weighted by Gasteiger charge is -2.14. The summed E-state index contributed by atoms with van der Waals surface area (Å²) < 4.78 is 0.763. The molecule has 1 amide bonds. The number of likely N-dealkylation sites (tertiary alicyclic amines) is 1. The van der Waals surface area contributed by atoms with Crippen molar-refractivity contribution in [2.75, 3.05) is 13.1 Å². The van der Waals surface area contributed by atoms with Crippen LogP contribution in [0.5, 0.6) is 0 Å². The maximum Gasteiger partial charge on any atom is 0.256 e. The van der Waals surface area contributed by atoms with Crippen LogP contribution in [0.2, 0.25) is 8.67 Å². The Hall–Kier alpha value is -0.330. The molecule has 0 aliphatic carbocycles. The Morgan fingerprint density at radius 2 is 1.94 bits per heavy atom. The first kappa shape index (κ1) is 12.1. The summed E-state index contributed by atoms with van der Waals surface area (Å²) in [5.74, 6) is -0.316. The number of halogens is 2. The summed E-state index contributed by atoms with van der Waals surface area (Å²) in [6.07, 6.45) is -1.78. The van der Waals surface area contributed by atoms with E-state index in [2.05, 4.69) is 0 Å². The topological polar surface area (TPSA) is 60.8 Å². The van der Waals surface area contributed by atoms with Crippen LogP contribution < -0.4 is 0 Å². The monoisotopic (exact) mass is 281 g/mol. The predicted molar refractivity (Wildman–Crippen MR) is 62.3 cm³/mol. The summed E-state index contributed by atoms with van der Waals surface area (Å²) in [5, 5.41) is 18.7. The van der Waals surface area contributed by atoms with E-state index in [-0.39, 0.29) is 19.0 Å². The minimum atomic E-state index is -0.892. The van der Waals surface area contributed by atoms with Crippen molar-refractivity contribution in [3.8, 4) is 0 Å². The van der Waals surface area contributed by atoms with Gasteiger partial charge in [0.05, 0.1) is 22.1 Å². The number of carbonyl (C=O) groups is 1. The van der Waals surface area contributed by atoms with Crippen molar-refractivity contribution in [3.05, 3.63) is 20.3 Å². The lowest BCUT2D eigenvalue weighted by atomic mass is 10.3. The van der Waals surface area contributed by atoms with E-state index < -0.39 is 12.2 Å². The van der Waals surface area contributed by atoms with E-state index in [1.165, 1.54) is 11.0 Å². The number of β-amino-alcohol motifs (C(OH)–C–C–N with tert-alkyl or cyclic N) is 2. The number of aliphatic hydroxyl groups is 2. The Balaban J connectivity index is 2.17. The molecule has 0 saturated carbocycles. The van der Waals surface area contributed by atoms with Crippen molar-refractivity contribution in [1.29, 1.82) is 0 Å². The zero-order valence-electron chi connectivity index (χ0n) is 8.06. The quantitative estimate of drug-likeness (QED) is 0.814. The summed E-state index contributed by atoms with van der Waals surface area (Å²) in [7, 11) is 0. The van der Waals surface area contributed by atoms with Crippen molar-refractivity contribution in [1.82, 2.24) is 4.90 Å². The molecule has 0 radical (unpaired) electrons. The average molecular weight is 282 g/mol. The number of nitrogens with zero attached hydrogens (tertiary/aromatic N) is 1. The number of hydrogen-bond acceptors (Lipinski definition) is 4. The molecule has 0 bridgehead atoms. The third kappa shape index (κ3) is 2.19. The summed E-state index contributed by atoms with van der Waals surface area (Å²) in [6.45, 7) is 0.230. The maximum atomic E-state index is 11.9. The van der Waals surface area contributed by atoms with Crippen LogP contribution in [-0.2, 0) is 0 Å². The van der Waals surface area contributed by atoms with Gasteiger partial charge < -0.3 is 15.1 Å². The Labute approximate surface area is 106 Å². The number of rotatable bonds is 1. The molecule has 2 heterocycles. The van der Waals surface area contributed by atoms with Crippen LogP contribution in [0.4, 0.5) is 0 Å². The van der Waals surface area contributed by atoms with Crippen LogP contribution in [0.3, 0.4) is 0 Å². The van der Waals surface area contributed by atoms with Crippen molar-refractivity contribution >= 4 is 40.4 Å². The molecular formula is C9H9Cl2NO3S. The van der Waals surface area contributed by atoms with Gasteiger partial charge in [-0.2, -0.15) is 0 Å². The first-order valence-electron chi connectivity index (χ1n) is 4.59. The highest BCUT2D eigenvalue weighted by Crippen LogP contribution is 2.32. The molecule has 0 unspecified atom stereocenters. The molecule has 16 heavy (non-hydrogen) atoms. The van der Waals surface area contributed by atoms with Crippen LogP contribution in [0.1, 0.15) is 10.4 Å². The first-order chi connectivity index (χ1) is 7.49. The predicted octanol–water partition coefficient (Wildman–Crippen LogP) is 1.23. The molecular weight excluding hydrogens is 273 g/mol. The molecule has 1 aliphatic rings. The van der Waals surface area contributed by atoms with Crippen molar-refractivity contribution in [3.63, 3.8) is 0 Å². The third-order valence-corrected chi connectivity index (χ3v) is 3.92. The molecule has 1 aromatic heterocycles. The second kappa shape index (κ2) is 4.50. The number of thiophene rings is 1. The van der Waals surface area contributed by atoms with Crippen LogP contribution >= 0.6 is 34.5 Å². The van der Waals surface area contributed by atoms with Crippen LogP contribution in [-0.4, -0.2) is 46.3 Å². The Kier molecular flexibility index (Phi) is 3.42. The van der Waals surface area contributed by atoms with Crippen molar-refractivity contribution in [2.45, 2.75) is 12.2 Å². The van der Waals surface area contributed by atoms with Gasteiger partial charge in [0, 0.05) is 13.1 Å². The van der Waals surface area contributed by atoms with Gasteiger partial charge in [-0.3, -0.25) is 4.79 Å². The molecule has 4 nitrogen and oxygen atoms in total. The van der Waals surface area contributed by atoms with Gasteiger partial charge in [0.15, 0.2) is 0 Å². The molecule has 1 aliphatic heterocycles. The molecule has 2 rings (SSSR count). The maximum absolute atomic E-state index is 11.9. The fourth-order valence-corrected chi connectivity index (χ4v) is 3.04. The van der Waals surface area contributed by atoms with Crippen LogP contribution in [0.25, 0.3) is 0 Å².